The van der Waals surface area contributed by atoms with Crippen LogP contribution >= 0.6 is 0 Å². The fourth-order valence-electron chi connectivity index (χ4n) is 2.55. The first kappa shape index (κ1) is 12.1. The molecule has 1 N–H and O–H groups in total. The van der Waals surface area contributed by atoms with Gasteiger partial charge in [0.05, 0.1) is 11.4 Å². The number of ether oxygens (including phenoxy) is 2. The maximum absolute atomic E-state index is 12.3. The number of hydrogen-bond acceptors (Lipinski definition) is 4. The van der Waals surface area contributed by atoms with Crippen LogP contribution in [0.25, 0.3) is 0 Å². The monoisotopic (exact) mass is 262 g/mol. The molecular formula is C14H18N2O3. The summed E-state index contributed by atoms with van der Waals surface area (Å²) in [6, 6.07) is 3.69. The lowest BCUT2D eigenvalue weighted by Gasteiger charge is -2.37. The van der Waals surface area contributed by atoms with E-state index in [-0.39, 0.29) is 18.0 Å². The first-order valence-corrected chi connectivity index (χ1v) is 6.61. The fraction of sp³-hybridized carbons (Fsp3) is 0.500. The summed E-state index contributed by atoms with van der Waals surface area (Å²) in [7, 11) is 0. The second-order valence-corrected chi connectivity index (χ2v) is 5.18. The number of nitrogens with one attached hydrogen (secondary N) is 1. The van der Waals surface area contributed by atoms with E-state index in [4.69, 9.17) is 9.47 Å². The molecule has 2 aliphatic rings. The highest BCUT2D eigenvalue weighted by Gasteiger charge is 2.33. The molecule has 1 aromatic rings. The van der Waals surface area contributed by atoms with Gasteiger partial charge in [-0.25, -0.2) is 0 Å². The minimum atomic E-state index is -0.225. The number of benzene rings is 1. The number of carbonyl (C=O) groups is 1. The third kappa shape index (κ3) is 1.89. The van der Waals surface area contributed by atoms with E-state index in [2.05, 4.69) is 5.32 Å². The molecule has 0 spiro atoms. The van der Waals surface area contributed by atoms with Crippen LogP contribution in [0.5, 0.6) is 11.5 Å². The normalized spacial score (nSPS) is 21.2. The maximum Gasteiger partial charge on any atom is 0.249 e. The van der Waals surface area contributed by atoms with Gasteiger partial charge in [0.1, 0.15) is 19.3 Å². The highest BCUT2D eigenvalue weighted by atomic mass is 16.6. The Bertz CT molecular complexity index is 528. The molecule has 3 rings (SSSR count). The van der Waals surface area contributed by atoms with Crippen molar-refractivity contribution in [2.45, 2.75) is 32.9 Å². The smallest absolute Gasteiger partial charge is 0.249 e. The van der Waals surface area contributed by atoms with Crippen molar-refractivity contribution in [3.8, 4) is 11.5 Å². The van der Waals surface area contributed by atoms with Crippen molar-refractivity contribution in [1.29, 1.82) is 0 Å². The van der Waals surface area contributed by atoms with E-state index in [9.17, 15) is 4.79 Å². The molecule has 0 saturated heterocycles. The van der Waals surface area contributed by atoms with Crippen LogP contribution in [0, 0.1) is 0 Å². The zero-order valence-corrected chi connectivity index (χ0v) is 11.4. The van der Waals surface area contributed by atoms with Crippen LogP contribution < -0.4 is 19.7 Å². The van der Waals surface area contributed by atoms with Gasteiger partial charge < -0.3 is 19.7 Å². The molecule has 0 radical (unpaired) electrons. The van der Waals surface area contributed by atoms with Gasteiger partial charge in [-0.15, -0.1) is 0 Å². The third-order valence-corrected chi connectivity index (χ3v) is 3.42. The van der Waals surface area contributed by atoms with E-state index in [0.29, 0.717) is 19.0 Å². The summed E-state index contributed by atoms with van der Waals surface area (Å²) in [5, 5.41) is 3.22. The van der Waals surface area contributed by atoms with Crippen molar-refractivity contribution in [1.82, 2.24) is 0 Å². The van der Waals surface area contributed by atoms with Crippen molar-refractivity contribution >= 4 is 17.3 Å². The van der Waals surface area contributed by atoms with E-state index < -0.39 is 0 Å². The average Bonchev–Trinajstić information content (AvgIpc) is 2.37. The van der Waals surface area contributed by atoms with Gasteiger partial charge in [-0.3, -0.25) is 4.79 Å². The predicted molar refractivity (Wildman–Crippen MR) is 73.1 cm³/mol. The SMILES string of the molecule is CC1Nc2cc3c(cc2N(C(C)C)C1=O)OCCO3. The Hall–Kier alpha value is -1.91. The zero-order chi connectivity index (χ0) is 13.6. The summed E-state index contributed by atoms with van der Waals surface area (Å²) in [5.74, 6) is 1.53. The number of carbonyl (C=O) groups excluding carboxylic acids is 1. The standard InChI is InChI=1S/C14H18N2O3/c1-8(2)16-11-7-13-12(18-4-5-19-13)6-10(11)15-9(3)14(16)17/h6-9,15H,4-5H2,1-3H3. The van der Waals surface area contributed by atoms with Crippen LogP contribution in [-0.4, -0.2) is 31.2 Å². The average molecular weight is 262 g/mol. The molecule has 19 heavy (non-hydrogen) atoms. The summed E-state index contributed by atoms with van der Waals surface area (Å²) < 4.78 is 11.2. The predicted octanol–water partition coefficient (Wildman–Crippen LogP) is 2.01. The van der Waals surface area contributed by atoms with Crippen molar-refractivity contribution < 1.29 is 14.3 Å². The van der Waals surface area contributed by atoms with Gasteiger partial charge in [-0.2, -0.15) is 0 Å². The largest absolute Gasteiger partial charge is 0.486 e. The molecule has 0 bridgehead atoms. The highest BCUT2D eigenvalue weighted by molar-refractivity contribution is 6.05. The van der Waals surface area contributed by atoms with Crippen molar-refractivity contribution in [2.24, 2.45) is 0 Å². The van der Waals surface area contributed by atoms with Gasteiger partial charge in [-0.05, 0) is 20.8 Å². The van der Waals surface area contributed by atoms with E-state index in [0.717, 1.165) is 17.1 Å². The maximum atomic E-state index is 12.3. The van der Waals surface area contributed by atoms with Gasteiger partial charge in [0.25, 0.3) is 0 Å². The molecule has 0 fully saturated rings. The fourth-order valence-corrected chi connectivity index (χ4v) is 2.55. The molecule has 0 aliphatic carbocycles. The number of hydrogen-bond donors (Lipinski definition) is 1. The van der Waals surface area contributed by atoms with Gasteiger partial charge in [0.15, 0.2) is 11.5 Å². The topological polar surface area (TPSA) is 50.8 Å². The summed E-state index contributed by atoms with van der Waals surface area (Å²) in [5.41, 5.74) is 1.78. The number of fused-ring (bicyclic) bond motifs is 2. The van der Waals surface area contributed by atoms with Crippen LogP contribution in [0.4, 0.5) is 11.4 Å². The first-order valence-electron chi connectivity index (χ1n) is 6.61. The third-order valence-electron chi connectivity index (χ3n) is 3.42. The van der Waals surface area contributed by atoms with E-state index in [1.54, 1.807) is 0 Å². The zero-order valence-electron chi connectivity index (χ0n) is 11.4. The summed E-state index contributed by atoms with van der Waals surface area (Å²) >= 11 is 0. The Morgan fingerprint density at radius 1 is 1.26 bits per heavy atom. The number of anilines is 2. The number of nitrogens with zero attached hydrogens (tertiary/aromatic N) is 1. The van der Waals surface area contributed by atoms with Gasteiger partial charge >= 0.3 is 0 Å². The molecule has 1 unspecified atom stereocenters. The second kappa shape index (κ2) is 4.33. The molecule has 0 saturated carbocycles. The molecular weight excluding hydrogens is 244 g/mol. The Balaban J connectivity index is 2.11. The van der Waals surface area contributed by atoms with E-state index in [1.807, 2.05) is 37.8 Å². The van der Waals surface area contributed by atoms with E-state index in [1.165, 1.54) is 0 Å². The minimum absolute atomic E-state index is 0.0826. The molecule has 0 aromatic heterocycles. The lowest BCUT2D eigenvalue weighted by atomic mass is 10.1. The Morgan fingerprint density at radius 2 is 1.89 bits per heavy atom. The summed E-state index contributed by atoms with van der Waals surface area (Å²) in [4.78, 5) is 14.1. The van der Waals surface area contributed by atoms with Crippen LogP contribution in [-0.2, 0) is 4.79 Å². The van der Waals surface area contributed by atoms with Crippen LogP contribution in [0.1, 0.15) is 20.8 Å². The van der Waals surface area contributed by atoms with Crippen molar-refractivity contribution in [2.75, 3.05) is 23.4 Å². The first-order chi connectivity index (χ1) is 9.08. The van der Waals surface area contributed by atoms with Crippen LogP contribution in [0.3, 0.4) is 0 Å². The Labute approximate surface area is 112 Å². The Kier molecular flexibility index (Phi) is 2.77. The van der Waals surface area contributed by atoms with Crippen molar-refractivity contribution in [3.63, 3.8) is 0 Å². The Morgan fingerprint density at radius 3 is 2.53 bits per heavy atom. The lowest BCUT2D eigenvalue weighted by molar-refractivity contribution is -0.119. The summed E-state index contributed by atoms with van der Waals surface area (Å²) in [6.45, 7) is 7.00. The van der Waals surface area contributed by atoms with Crippen molar-refractivity contribution in [3.05, 3.63) is 12.1 Å². The molecule has 5 nitrogen and oxygen atoms in total. The van der Waals surface area contributed by atoms with Gasteiger partial charge in [0.2, 0.25) is 5.91 Å². The van der Waals surface area contributed by atoms with Crippen LogP contribution in [0.15, 0.2) is 12.1 Å². The second-order valence-electron chi connectivity index (χ2n) is 5.18. The van der Waals surface area contributed by atoms with Crippen LogP contribution in [0.2, 0.25) is 0 Å². The lowest BCUT2D eigenvalue weighted by Crippen LogP contribution is -2.49. The molecule has 1 amide bonds. The van der Waals surface area contributed by atoms with E-state index >= 15 is 0 Å². The molecule has 2 aliphatic heterocycles. The number of amides is 1. The number of rotatable bonds is 1. The summed E-state index contributed by atoms with van der Waals surface area (Å²) in [6.07, 6.45) is 0. The molecule has 1 atom stereocenters. The highest BCUT2D eigenvalue weighted by Crippen LogP contribution is 2.42. The van der Waals surface area contributed by atoms with Gasteiger partial charge in [-0.1, -0.05) is 0 Å². The quantitative estimate of drug-likeness (QED) is 0.841. The molecule has 102 valence electrons. The molecule has 2 heterocycles. The molecule has 1 aromatic carbocycles. The van der Waals surface area contributed by atoms with Gasteiger partial charge in [0, 0.05) is 18.2 Å². The molecule has 5 heteroatoms. The minimum Gasteiger partial charge on any atom is -0.486 e.